The van der Waals surface area contributed by atoms with E-state index in [4.69, 9.17) is 5.73 Å². The summed E-state index contributed by atoms with van der Waals surface area (Å²) in [6.07, 6.45) is 0. The van der Waals surface area contributed by atoms with Gasteiger partial charge in [0.25, 0.3) is 5.56 Å². The number of nitrogen functional groups attached to an aromatic ring is 1. The second-order valence-corrected chi connectivity index (χ2v) is 8.48. The zero-order valence-corrected chi connectivity index (χ0v) is 18.1. The van der Waals surface area contributed by atoms with Crippen LogP contribution in [0.5, 0.6) is 0 Å². The first kappa shape index (κ1) is 21.1. The lowest BCUT2D eigenvalue weighted by Gasteiger charge is -2.13. The molecule has 0 fully saturated rings. The second kappa shape index (κ2) is 8.78. The Morgan fingerprint density at radius 3 is 2.72 bits per heavy atom. The first-order valence-electron chi connectivity index (χ1n) is 8.73. The lowest BCUT2D eigenvalue weighted by Crippen LogP contribution is -2.37. The molecule has 0 saturated carbocycles. The van der Waals surface area contributed by atoms with Crippen molar-refractivity contribution in [1.82, 2.24) is 24.7 Å². The maximum atomic E-state index is 12.6. The summed E-state index contributed by atoms with van der Waals surface area (Å²) in [7, 11) is 0. The number of H-pyrrole nitrogens is 2. The van der Waals surface area contributed by atoms with E-state index in [1.54, 1.807) is 0 Å². The molecule has 29 heavy (non-hydrogen) atoms. The summed E-state index contributed by atoms with van der Waals surface area (Å²) in [5.74, 6) is -0.0571. The number of benzene rings is 1. The monoisotopic (exact) mass is 478 g/mol. The van der Waals surface area contributed by atoms with Crippen molar-refractivity contribution in [2.45, 2.75) is 25.5 Å². The fourth-order valence-electron chi connectivity index (χ4n) is 2.69. The molecule has 0 atom stereocenters. The number of nitrogens with one attached hydrogen (secondary N) is 2. The average Bonchev–Trinajstić information content (AvgIpc) is 3.12. The minimum atomic E-state index is -0.790. The Bertz CT molecular complexity index is 1170. The molecule has 1 aromatic carbocycles. The number of nitrogens with zero attached hydrogens (tertiary/aromatic N) is 3. The smallest absolute Gasteiger partial charge is 0.329 e. The zero-order valence-electron chi connectivity index (χ0n) is 15.7. The van der Waals surface area contributed by atoms with Gasteiger partial charge in [-0.3, -0.25) is 24.2 Å². The van der Waals surface area contributed by atoms with Crippen LogP contribution in [0.2, 0.25) is 0 Å². The third-order valence-electron chi connectivity index (χ3n) is 3.99. The number of thioether (sulfide) groups is 1. The van der Waals surface area contributed by atoms with Gasteiger partial charge in [0.05, 0.1) is 5.75 Å². The lowest BCUT2D eigenvalue weighted by molar-refractivity contribution is 0.102. The van der Waals surface area contributed by atoms with Crippen LogP contribution in [-0.2, 0) is 6.54 Å². The summed E-state index contributed by atoms with van der Waals surface area (Å²) in [6.45, 7) is 4.10. The molecule has 0 aliphatic rings. The van der Waals surface area contributed by atoms with E-state index < -0.39 is 17.0 Å². The van der Waals surface area contributed by atoms with Crippen molar-refractivity contribution in [2.24, 2.45) is 5.92 Å². The van der Waals surface area contributed by atoms with E-state index >= 15 is 0 Å². The van der Waals surface area contributed by atoms with Gasteiger partial charge in [-0.2, -0.15) is 0 Å². The van der Waals surface area contributed by atoms with Gasteiger partial charge in [-0.1, -0.05) is 59.7 Å². The van der Waals surface area contributed by atoms with Gasteiger partial charge in [0.2, 0.25) is 5.16 Å². The van der Waals surface area contributed by atoms with Gasteiger partial charge in [-0.05, 0) is 12.0 Å². The van der Waals surface area contributed by atoms with Crippen molar-refractivity contribution >= 4 is 39.3 Å². The molecule has 4 N–H and O–H groups in total. The number of aromatic nitrogens is 5. The third kappa shape index (κ3) is 4.67. The highest BCUT2D eigenvalue weighted by atomic mass is 79.9. The minimum Gasteiger partial charge on any atom is -0.384 e. The van der Waals surface area contributed by atoms with Crippen molar-refractivity contribution in [1.29, 1.82) is 0 Å². The first-order chi connectivity index (χ1) is 13.8. The molecule has 9 nitrogen and oxygen atoms in total. The van der Waals surface area contributed by atoms with Gasteiger partial charge in [0, 0.05) is 16.6 Å². The van der Waals surface area contributed by atoms with Crippen LogP contribution in [0.1, 0.15) is 24.2 Å². The number of halogens is 1. The molecule has 3 aromatic rings. The number of Topliss-reactive ketones (excluding diaryl/α,β-unsaturated/α-hetero) is 1. The second-order valence-electron chi connectivity index (χ2n) is 6.68. The van der Waals surface area contributed by atoms with Crippen LogP contribution in [0, 0.1) is 5.92 Å². The standard InChI is InChI=1S/C18H19BrN6O3S/c1-9(2)7-25-14(20)13(16(27)22-18(25)28)12(26)8-29-17-21-15(23-24-17)10-5-3-4-6-11(10)19/h3-6,9H,7-8,20H2,1-2H3,(H,21,23,24)(H,22,27,28). The molecule has 0 saturated heterocycles. The number of carbonyl (C=O) groups excluding carboxylic acids is 1. The number of hydrogen-bond acceptors (Lipinski definition) is 7. The fraction of sp³-hybridized carbons (Fsp3) is 0.278. The number of anilines is 1. The van der Waals surface area contributed by atoms with E-state index in [9.17, 15) is 14.4 Å². The van der Waals surface area contributed by atoms with Gasteiger partial charge in [0.15, 0.2) is 11.6 Å². The Labute approximate surface area is 178 Å². The maximum absolute atomic E-state index is 12.6. The predicted octanol–water partition coefficient (Wildman–Crippen LogP) is 2.30. The van der Waals surface area contributed by atoms with Crippen molar-refractivity contribution in [3.63, 3.8) is 0 Å². The van der Waals surface area contributed by atoms with Gasteiger partial charge in [0.1, 0.15) is 11.4 Å². The SMILES string of the molecule is CC(C)Cn1c(N)c(C(=O)CSc2n[nH]c(-c3ccccc3Br)n2)c(=O)[nH]c1=O. The number of carbonyl (C=O) groups is 1. The van der Waals surface area contributed by atoms with E-state index in [1.807, 2.05) is 38.1 Å². The topological polar surface area (TPSA) is 140 Å². The highest BCUT2D eigenvalue weighted by molar-refractivity contribution is 9.10. The molecule has 0 aliphatic carbocycles. The normalized spacial score (nSPS) is 11.2. The Balaban J connectivity index is 1.79. The van der Waals surface area contributed by atoms with E-state index in [1.165, 1.54) is 4.57 Å². The average molecular weight is 479 g/mol. The van der Waals surface area contributed by atoms with Crippen LogP contribution in [0.15, 0.2) is 43.5 Å². The van der Waals surface area contributed by atoms with Crippen LogP contribution in [0.25, 0.3) is 11.4 Å². The maximum Gasteiger partial charge on any atom is 0.329 e. The van der Waals surface area contributed by atoms with Crippen LogP contribution in [-0.4, -0.2) is 36.3 Å². The molecule has 11 heteroatoms. The minimum absolute atomic E-state index is 0.0968. The quantitative estimate of drug-likeness (QED) is 0.349. The number of nitrogens with two attached hydrogens (primary N) is 1. The van der Waals surface area contributed by atoms with E-state index in [-0.39, 0.29) is 23.1 Å². The Morgan fingerprint density at radius 1 is 1.31 bits per heavy atom. The van der Waals surface area contributed by atoms with Crippen LogP contribution in [0.3, 0.4) is 0 Å². The summed E-state index contributed by atoms with van der Waals surface area (Å²) < 4.78 is 2.07. The molecule has 2 heterocycles. The van der Waals surface area contributed by atoms with Crippen molar-refractivity contribution < 1.29 is 4.79 Å². The van der Waals surface area contributed by atoms with Gasteiger partial charge >= 0.3 is 5.69 Å². The summed E-state index contributed by atoms with van der Waals surface area (Å²) in [6, 6.07) is 7.52. The van der Waals surface area contributed by atoms with Crippen molar-refractivity contribution in [3.8, 4) is 11.4 Å². The van der Waals surface area contributed by atoms with E-state index in [0.29, 0.717) is 17.5 Å². The van der Waals surface area contributed by atoms with E-state index in [2.05, 4.69) is 36.1 Å². The molecule has 0 spiro atoms. The van der Waals surface area contributed by atoms with Crippen LogP contribution < -0.4 is 17.0 Å². The molecule has 3 rings (SSSR count). The highest BCUT2D eigenvalue weighted by Crippen LogP contribution is 2.26. The third-order valence-corrected chi connectivity index (χ3v) is 5.53. The Hall–Kier alpha value is -2.66. The van der Waals surface area contributed by atoms with Crippen molar-refractivity contribution in [3.05, 3.63) is 55.1 Å². The molecule has 0 radical (unpaired) electrons. The molecule has 152 valence electrons. The molecule has 0 bridgehead atoms. The summed E-state index contributed by atoms with van der Waals surface area (Å²) in [5, 5.41) is 7.28. The van der Waals surface area contributed by atoms with E-state index in [0.717, 1.165) is 21.8 Å². The molecule has 2 aromatic heterocycles. The fourth-order valence-corrected chi connectivity index (χ4v) is 3.83. The largest absolute Gasteiger partial charge is 0.384 e. The van der Waals surface area contributed by atoms with Gasteiger partial charge in [-0.25, -0.2) is 9.78 Å². The highest BCUT2D eigenvalue weighted by Gasteiger charge is 2.20. The number of ketones is 1. The lowest BCUT2D eigenvalue weighted by atomic mass is 10.2. The van der Waals surface area contributed by atoms with Gasteiger partial charge < -0.3 is 5.73 Å². The molecule has 0 unspecified atom stereocenters. The molecular weight excluding hydrogens is 460 g/mol. The summed E-state index contributed by atoms with van der Waals surface area (Å²) in [4.78, 5) is 43.3. The Morgan fingerprint density at radius 2 is 2.03 bits per heavy atom. The molecule has 0 aliphatic heterocycles. The number of rotatable bonds is 7. The van der Waals surface area contributed by atoms with Crippen LogP contribution in [0.4, 0.5) is 5.82 Å². The predicted molar refractivity (Wildman–Crippen MR) is 115 cm³/mol. The molecular formula is C18H19BrN6O3S. The molecule has 0 amide bonds. The number of aromatic amines is 2. The summed E-state index contributed by atoms with van der Waals surface area (Å²) in [5.41, 5.74) is 5.16. The first-order valence-corrected chi connectivity index (χ1v) is 10.5. The zero-order chi connectivity index (χ0) is 21.1. The number of hydrogen-bond donors (Lipinski definition) is 3. The van der Waals surface area contributed by atoms with Crippen molar-refractivity contribution in [2.75, 3.05) is 11.5 Å². The summed E-state index contributed by atoms with van der Waals surface area (Å²) >= 11 is 4.52. The Kier molecular flexibility index (Phi) is 6.38. The van der Waals surface area contributed by atoms with Crippen LogP contribution >= 0.6 is 27.7 Å². The van der Waals surface area contributed by atoms with Gasteiger partial charge in [-0.15, -0.1) is 5.10 Å².